The molecule has 7 heteroatoms. The van der Waals surface area contributed by atoms with Crippen molar-refractivity contribution in [3.63, 3.8) is 0 Å². The third-order valence-corrected chi connectivity index (χ3v) is 6.26. The summed E-state index contributed by atoms with van der Waals surface area (Å²) in [5, 5.41) is 3.03. The zero-order valence-electron chi connectivity index (χ0n) is 15.9. The molecule has 0 unspecified atom stereocenters. The largest absolute Gasteiger partial charge is 0.490 e. The molecule has 146 valence electrons. The van der Waals surface area contributed by atoms with E-state index in [1.165, 1.54) is 0 Å². The van der Waals surface area contributed by atoms with E-state index in [9.17, 15) is 13.2 Å². The number of ether oxygens (including phenoxy) is 2. The van der Waals surface area contributed by atoms with Crippen molar-refractivity contribution in [1.82, 2.24) is 5.32 Å². The second-order valence-corrected chi connectivity index (χ2v) is 9.13. The van der Waals surface area contributed by atoms with Gasteiger partial charge in [0.05, 0.1) is 36.7 Å². The Morgan fingerprint density at radius 1 is 1.19 bits per heavy atom. The normalized spacial score (nSPS) is 20.0. The van der Waals surface area contributed by atoms with Crippen LogP contribution in [0.1, 0.15) is 45.7 Å². The molecule has 0 bridgehead atoms. The van der Waals surface area contributed by atoms with Crippen LogP contribution in [0.25, 0.3) is 0 Å². The molecular weight excluding hydrogens is 354 g/mol. The zero-order valence-corrected chi connectivity index (χ0v) is 16.8. The number of hydrogen-bond acceptors (Lipinski definition) is 5. The number of nitrogens with one attached hydrogen (secondary N) is 1. The molecule has 1 aliphatic heterocycles. The molecule has 2 rings (SSSR count). The molecule has 0 aromatic heterocycles. The Morgan fingerprint density at radius 3 is 2.38 bits per heavy atom. The van der Waals surface area contributed by atoms with Gasteiger partial charge in [-0.3, -0.25) is 4.79 Å². The van der Waals surface area contributed by atoms with Gasteiger partial charge in [0.25, 0.3) is 0 Å². The third-order valence-electron chi connectivity index (χ3n) is 4.49. The van der Waals surface area contributed by atoms with Gasteiger partial charge in [-0.25, -0.2) is 8.42 Å². The number of amides is 1. The van der Waals surface area contributed by atoms with E-state index < -0.39 is 15.8 Å². The monoisotopic (exact) mass is 383 g/mol. The van der Waals surface area contributed by atoms with Crippen LogP contribution in [0.5, 0.6) is 11.5 Å². The van der Waals surface area contributed by atoms with Crippen LogP contribution in [0.2, 0.25) is 0 Å². The maximum atomic E-state index is 12.6. The van der Waals surface area contributed by atoms with Gasteiger partial charge in [0.2, 0.25) is 5.91 Å². The van der Waals surface area contributed by atoms with Crippen molar-refractivity contribution >= 4 is 15.7 Å². The Morgan fingerprint density at radius 2 is 1.85 bits per heavy atom. The summed E-state index contributed by atoms with van der Waals surface area (Å²) in [6, 6.07) is 5.45. The Bertz CT molecular complexity index is 729. The van der Waals surface area contributed by atoms with Crippen molar-refractivity contribution in [3.8, 4) is 11.5 Å². The summed E-state index contributed by atoms with van der Waals surface area (Å²) >= 11 is 0. The number of rotatable bonds is 8. The van der Waals surface area contributed by atoms with Crippen LogP contribution in [-0.4, -0.2) is 39.0 Å². The summed E-state index contributed by atoms with van der Waals surface area (Å²) in [6.07, 6.45) is 0.395. The van der Waals surface area contributed by atoms with E-state index >= 15 is 0 Å². The fourth-order valence-corrected chi connectivity index (χ4v) is 4.91. The van der Waals surface area contributed by atoms with Crippen LogP contribution in [0, 0.1) is 11.8 Å². The van der Waals surface area contributed by atoms with Crippen LogP contribution in [0.15, 0.2) is 18.2 Å². The Labute approximate surface area is 156 Å². The van der Waals surface area contributed by atoms with Gasteiger partial charge in [-0.05, 0) is 43.9 Å². The Hall–Kier alpha value is -1.76. The smallest absolute Gasteiger partial charge is 0.224 e. The molecular formula is C19H29NO5S. The van der Waals surface area contributed by atoms with Gasteiger partial charge in [-0.2, -0.15) is 0 Å². The highest BCUT2D eigenvalue weighted by atomic mass is 32.2. The van der Waals surface area contributed by atoms with Gasteiger partial charge < -0.3 is 14.8 Å². The molecule has 0 radical (unpaired) electrons. The number of hydrogen-bond donors (Lipinski definition) is 1. The first kappa shape index (κ1) is 20.6. The van der Waals surface area contributed by atoms with Crippen LogP contribution in [0.4, 0.5) is 0 Å². The predicted molar refractivity (Wildman–Crippen MR) is 101 cm³/mol. The number of benzene rings is 1. The van der Waals surface area contributed by atoms with Gasteiger partial charge in [0.1, 0.15) is 0 Å². The van der Waals surface area contributed by atoms with Gasteiger partial charge in [0.15, 0.2) is 21.3 Å². The minimum Gasteiger partial charge on any atom is -0.490 e. The first-order valence-electron chi connectivity index (χ1n) is 9.17. The molecule has 1 aromatic carbocycles. The second kappa shape index (κ2) is 8.75. The van der Waals surface area contributed by atoms with Gasteiger partial charge >= 0.3 is 0 Å². The van der Waals surface area contributed by atoms with Crippen molar-refractivity contribution in [1.29, 1.82) is 0 Å². The standard InChI is InChI=1S/C19H29NO5S/c1-5-24-16-8-7-14(11-17(16)25-6-2)18(13(3)4)20-19(21)15-9-10-26(22,23)12-15/h7-8,11,13,15,18H,5-6,9-10,12H2,1-4H3,(H,20,21)/t15-,18+/m1/s1. The van der Waals surface area contributed by atoms with Gasteiger partial charge in [0, 0.05) is 0 Å². The van der Waals surface area contributed by atoms with E-state index in [-0.39, 0.29) is 29.4 Å². The molecule has 1 fully saturated rings. The van der Waals surface area contributed by atoms with Crippen LogP contribution in [0.3, 0.4) is 0 Å². The van der Waals surface area contributed by atoms with Crippen molar-refractivity contribution in [2.75, 3.05) is 24.7 Å². The maximum absolute atomic E-state index is 12.6. The lowest BCUT2D eigenvalue weighted by molar-refractivity contribution is -0.125. The van der Waals surface area contributed by atoms with Gasteiger partial charge in [-0.15, -0.1) is 0 Å². The van der Waals surface area contributed by atoms with Crippen LogP contribution >= 0.6 is 0 Å². The van der Waals surface area contributed by atoms with Crippen LogP contribution in [-0.2, 0) is 14.6 Å². The quantitative estimate of drug-likeness (QED) is 0.746. The minimum atomic E-state index is -3.08. The topological polar surface area (TPSA) is 81.7 Å². The van der Waals surface area contributed by atoms with E-state index in [0.29, 0.717) is 31.1 Å². The average molecular weight is 384 g/mol. The molecule has 0 saturated carbocycles. The molecule has 1 aromatic rings. The molecule has 1 N–H and O–H groups in total. The molecule has 0 spiro atoms. The summed E-state index contributed by atoms with van der Waals surface area (Å²) in [6.45, 7) is 8.92. The Kier molecular flexibility index (Phi) is 6.92. The van der Waals surface area contributed by atoms with E-state index in [4.69, 9.17) is 9.47 Å². The number of carbonyl (C=O) groups is 1. The lowest BCUT2D eigenvalue weighted by atomic mass is 9.94. The first-order chi connectivity index (χ1) is 12.3. The fraction of sp³-hybridized carbons (Fsp3) is 0.632. The highest BCUT2D eigenvalue weighted by molar-refractivity contribution is 7.91. The molecule has 1 amide bonds. The van der Waals surface area contributed by atoms with Crippen molar-refractivity contribution in [2.45, 2.75) is 40.2 Å². The lowest BCUT2D eigenvalue weighted by Crippen LogP contribution is -2.36. The van der Waals surface area contributed by atoms with Crippen molar-refractivity contribution in [3.05, 3.63) is 23.8 Å². The molecule has 1 saturated heterocycles. The van der Waals surface area contributed by atoms with Crippen molar-refractivity contribution < 1.29 is 22.7 Å². The first-order valence-corrected chi connectivity index (χ1v) is 11.0. The Balaban J connectivity index is 2.21. The highest BCUT2D eigenvalue weighted by Crippen LogP contribution is 2.33. The summed E-state index contributed by atoms with van der Waals surface area (Å²) in [4.78, 5) is 12.6. The van der Waals surface area contributed by atoms with Crippen LogP contribution < -0.4 is 14.8 Å². The molecule has 1 aliphatic rings. The number of sulfone groups is 1. The highest BCUT2D eigenvalue weighted by Gasteiger charge is 2.34. The van der Waals surface area contributed by atoms with Crippen molar-refractivity contribution in [2.24, 2.45) is 11.8 Å². The summed E-state index contributed by atoms with van der Waals surface area (Å²) in [5.41, 5.74) is 0.918. The zero-order chi connectivity index (χ0) is 19.3. The predicted octanol–water partition coefficient (Wildman–Crippen LogP) is 2.73. The summed E-state index contributed by atoms with van der Waals surface area (Å²) < 4.78 is 34.5. The SMILES string of the molecule is CCOc1ccc([C@@H](NC(=O)[C@@H]2CCS(=O)(=O)C2)C(C)C)cc1OCC. The van der Waals surface area contributed by atoms with E-state index in [1.807, 2.05) is 45.9 Å². The van der Waals surface area contributed by atoms with E-state index in [1.54, 1.807) is 0 Å². The molecule has 2 atom stereocenters. The van der Waals surface area contributed by atoms with E-state index in [2.05, 4.69) is 5.32 Å². The summed E-state index contributed by atoms with van der Waals surface area (Å²) in [7, 11) is -3.08. The molecule has 26 heavy (non-hydrogen) atoms. The number of carbonyl (C=O) groups excluding carboxylic acids is 1. The second-order valence-electron chi connectivity index (χ2n) is 6.90. The molecule has 6 nitrogen and oxygen atoms in total. The molecule has 0 aliphatic carbocycles. The maximum Gasteiger partial charge on any atom is 0.224 e. The molecule has 1 heterocycles. The average Bonchev–Trinajstić information content (AvgIpc) is 2.94. The van der Waals surface area contributed by atoms with Gasteiger partial charge in [-0.1, -0.05) is 19.9 Å². The minimum absolute atomic E-state index is 0.0584. The van der Waals surface area contributed by atoms with E-state index in [0.717, 1.165) is 5.56 Å². The summed E-state index contributed by atoms with van der Waals surface area (Å²) in [5.74, 6) is 0.840. The third kappa shape index (κ3) is 5.13. The lowest BCUT2D eigenvalue weighted by Gasteiger charge is -2.25. The fourth-order valence-electron chi connectivity index (χ4n) is 3.17.